The Morgan fingerprint density at radius 1 is 1.61 bits per heavy atom. The summed E-state index contributed by atoms with van der Waals surface area (Å²) < 4.78 is 5.52. The molecule has 0 aliphatic heterocycles. The molecule has 1 aromatic carbocycles. The lowest BCUT2D eigenvalue weighted by molar-refractivity contribution is -0.122. The number of terminal acetylenes is 1. The quantitative estimate of drug-likeness (QED) is 0.769. The zero-order valence-corrected chi connectivity index (χ0v) is 10.1. The summed E-state index contributed by atoms with van der Waals surface area (Å²) in [5.74, 6) is 2.87. The number of fused-ring (bicyclic) bond motifs is 1. The predicted molar refractivity (Wildman–Crippen MR) is 69.0 cm³/mol. The van der Waals surface area contributed by atoms with Crippen molar-refractivity contribution < 1.29 is 9.53 Å². The predicted octanol–water partition coefficient (Wildman–Crippen LogP) is 0.761. The van der Waals surface area contributed by atoms with E-state index in [4.69, 9.17) is 16.9 Å². The van der Waals surface area contributed by atoms with E-state index in [-0.39, 0.29) is 25.1 Å². The van der Waals surface area contributed by atoms with E-state index in [1.165, 1.54) is 0 Å². The van der Waals surface area contributed by atoms with Gasteiger partial charge in [0.1, 0.15) is 5.75 Å². The second-order valence-corrected chi connectivity index (χ2v) is 4.24. The Labute approximate surface area is 107 Å². The number of amides is 1. The number of hydrogen-bond acceptors (Lipinski definition) is 3. The summed E-state index contributed by atoms with van der Waals surface area (Å²) in [5, 5.41) is 2.55. The summed E-state index contributed by atoms with van der Waals surface area (Å²) >= 11 is 0. The Morgan fingerprint density at radius 3 is 3.22 bits per heavy atom. The smallest absolute Gasteiger partial charge is 0.258 e. The molecule has 0 aromatic heterocycles. The molecule has 2 rings (SSSR count). The van der Waals surface area contributed by atoms with Crippen LogP contribution in [0, 0.1) is 12.3 Å². The number of hydrogen-bond donors (Lipinski definition) is 2. The Kier molecular flexibility index (Phi) is 3.85. The van der Waals surface area contributed by atoms with Crippen molar-refractivity contribution in [3.63, 3.8) is 0 Å². The maximum Gasteiger partial charge on any atom is 0.258 e. The maximum absolute atomic E-state index is 11.4. The molecule has 3 N–H and O–H groups in total. The highest BCUT2D eigenvalue weighted by atomic mass is 16.5. The maximum atomic E-state index is 11.4. The Balaban J connectivity index is 1.99. The van der Waals surface area contributed by atoms with Crippen LogP contribution in [0.5, 0.6) is 5.75 Å². The molecule has 0 saturated carbocycles. The summed E-state index contributed by atoms with van der Waals surface area (Å²) in [7, 11) is 0. The van der Waals surface area contributed by atoms with Crippen molar-refractivity contribution in [2.45, 2.75) is 18.9 Å². The van der Waals surface area contributed by atoms with Gasteiger partial charge in [-0.2, -0.15) is 0 Å². The van der Waals surface area contributed by atoms with Crippen LogP contribution in [0.3, 0.4) is 0 Å². The van der Waals surface area contributed by atoms with E-state index in [1.54, 1.807) is 0 Å². The molecule has 1 unspecified atom stereocenters. The van der Waals surface area contributed by atoms with E-state index in [1.807, 2.05) is 18.2 Å². The number of ether oxygens (including phenoxy) is 1. The van der Waals surface area contributed by atoms with E-state index >= 15 is 0 Å². The minimum atomic E-state index is -0.215. The number of benzene rings is 1. The van der Waals surface area contributed by atoms with Crippen LogP contribution in [0.4, 0.5) is 0 Å². The molecule has 0 saturated heterocycles. The van der Waals surface area contributed by atoms with Crippen molar-refractivity contribution in [2.75, 3.05) is 13.2 Å². The fraction of sp³-hybridized carbons (Fsp3) is 0.357. The first-order valence-electron chi connectivity index (χ1n) is 5.92. The van der Waals surface area contributed by atoms with E-state index in [9.17, 15) is 4.79 Å². The SMILES string of the molecule is C#CCNC(=O)COc1cccc2c1CCC2N. The third-order valence-electron chi connectivity index (χ3n) is 3.02. The zero-order valence-electron chi connectivity index (χ0n) is 10.1. The van der Waals surface area contributed by atoms with Gasteiger partial charge in [0.2, 0.25) is 0 Å². The molecule has 1 atom stereocenters. The number of nitrogens with two attached hydrogens (primary N) is 1. The van der Waals surface area contributed by atoms with Crippen molar-refractivity contribution in [1.82, 2.24) is 5.32 Å². The van der Waals surface area contributed by atoms with Gasteiger partial charge in [-0.3, -0.25) is 4.79 Å². The van der Waals surface area contributed by atoms with E-state index < -0.39 is 0 Å². The van der Waals surface area contributed by atoms with Gasteiger partial charge in [-0.15, -0.1) is 6.42 Å². The van der Waals surface area contributed by atoms with Gasteiger partial charge >= 0.3 is 0 Å². The van der Waals surface area contributed by atoms with E-state index in [0.29, 0.717) is 0 Å². The number of carbonyl (C=O) groups excluding carboxylic acids is 1. The minimum Gasteiger partial charge on any atom is -0.483 e. The fourth-order valence-corrected chi connectivity index (χ4v) is 2.13. The molecular formula is C14H16N2O2. The van der Waals surface area contributed by atoms with Gasteiger partial charge in [0.25, 0.3) is 5.91 Å². The number of carbonyl (C=O) groups is 1. The molecule has 1 amide bonds. The average Bonchev–Trinajstić information content (AvgIpc) is 2.76. The second-order valence-electron chi connectivity index (χ2n) is 4.24. The third-order valence-corrected chi connectivity index (χ3v) is 3.02. The van der Waals surface area contributed by atoms with Crippen LogP contribution in [0.1, 0.15) is 23.6 Å². The Hall–Kier alpha value is -1.99. The zero-order chi connectivity index (χ0) is 13.0. The molecule has 0 fully saturated rings. The van der Waals surface area contributed by atoms with E-state index in [2.05, 4.69) is 11.2 Å². The molecule has 0 spiro atoms. The lowest BCUT2D eigenvalue weighted by Crippen LogP contribution is -2.29. The summed E-state index contributed by atoms with van der Waals surface area (Å²) in [5.41, 5.74) is 8.22. The molecule has 4 heteroatoms. The molecule has 94 valence electrons. The van der Waals surface area contributed by atoms with Crippen LogP contribution in [-0.2, 0) is 11.2 Å². The Morgan fingerprint density at radius 2 is 2.44 bits per heavy atom. The summed E-state index contributed by atoms with van der Waals surface area (Å²) in [6.07, 6.45) is 6.88. The van der Waals surface area contributed by atoms with Gasteiger partial charge < -0.3 is 15.8 Å². The number of rotatable bonds is 4. The third kappa shape index (κ3) is 2.63. The molecule has 1 aliphatic carbocycles. The molecule has 4 nitrogen and oxygen atoms in total. The van der Waals surface area contributed by atoms with Gasteiger partial charge in [0.05, 0.1) is 6.54 Å². The molecule has 1 aliphatic rings. The summed E-state index contributed by atoms with van der Waals surface area (Å²) in [6.45, 7) is 0.202. The van der Waals surface area contributed by atoms with Gasteiger partial charge in [-0.1, -0.05) is 18.1 Å². The van der Waals surface area contributed by atoms with Crippen molar-refractivity contribution in [1.29, 1.82) is 0 Å². The molecule has 1 aromatic rings. The highest BCUT2D eigenvalue weighted by molar-refractivity contribution is 5.77. The van der Waals surface area contributed by atoms with Crippen LogP contribution in [-0.4, -0.2) is 19.1 Å². The largest absolute Gasteiger partial charge is 0.483 e. The first-order valence-corrected chi connectivity index (χ1v) is 5.92. The van der Waals surface area contributed by atoms with Crippen LogP contribution in [0.15, 0.2) is 18.2 Å². The van der Waals surface area contributed by atoms with Gasteiger partial charge in [-0.25, -0.2) is 0 Å². The van der Waals surface area contributed by atoms with Crippen LogP contribution in [0.25, 0.3) is 0 Å². The topological polar surface area (TPSA) is 64.3 Å². The normalized spacial score (nSPS) is 16.8. The van der Waals surface area contributed by atoms with Gasteiger partial charge in [0.15, 0.2) is 6.61 Å². The van der Waals surface area contributed by atoms with Crippen LogP contribution in [0.2, 0.25) is 0 Å². The Bertz CT molecular complexity index is 491. The summed E-state index contributed by atoms with van der Waals surface area (Å²) in [4.78, 5) is 11.4. The molecule has 0 heterocycles. The van der Waals surface area contributed by atoms with Crippen LogP contribution >= 0.6 is 0 Å². The standard InChI is InChI=1S/C14H16N2O2/c1-2-8-16-14(17)9-18-13-5-3-4-10-11(13)6-7-12(10)15/h1,3-5,12H,6-9,15H2,(H,16,17). The van der Waals surface area contributed by atoms with Crippen LogP contribution < -0.4 is 15.8 Å². The first kappa shape index (κ1) is 12.5. The van der Waals surface area contributed by atoms with Gasteiger partial charge in [0, 0.05) is 6.04 Å². The fourth-order valence-electron chi connectivity index (χ4n) is 2.13. The highest BCUT2D eigenvalue weighted by Gasteiger charge is 2.22. The highest BCUT2D eigenvalue weighted by Crippen LogP contribution is 2.35. The van der Waals surface area contributed by atoms with Crippen molar-refractivity contribution in [3.8, 4) is 18.1 Å². The summed E-state index contributed by atoms with van der Waals surface area (Å²) in [6, 6.07) is 5.86. The van der Waals surface area contributed by atoms with Crippen molar-refractivity contribution in [2.24, 2.45) is 5.73 Å². The first-order chi connectivity index (χ1) is 8.72. The monoisotopic (exact) mass is 244 g/mol. The molecular weight excluding hydrogens is 228 g/mol. The molecule has 0 radical (unpaired) electrons. The minimum absolute atomic E-state index is 0.0205. The van der Waals surface area contributed by atoms with Gasteiger partial charge in [-0.05, 0) is 30.0 Å². The van der Waals surface area contributed by atoms with Crippen molar-refractivity contribution >= 4 is 5.91 Å². The van der Waals surface area contributed by atoms with E-state index in [0.717, 1.165) is 29.7 Å². The number of nitrogens with one attached hydrogen (secondary N) is 1. The lowest BCUT2D eigenvalue weighted by Gasteiger charge is -2.11. The van der Waals surface area contributed by atoms with Crippen molar-refractivity contribution in [3.05, 3.63) is 29.3 Å². The molecule has 18 heavy (non-hydrogen) atoms. The molecule has 0 bridgehead atoms. The lowest BCUT2D eigenvalue weighted by atomic mass is 10.1. The second kappa shape index (κ2) is 5.56. The average molecular weight is 244 g/mol.